The zero-order valence-electron chi connectivity index (χ0n) is 17.0. The first-order valence-corrected chi connectivity index (χ1v) is 10.4. The number of guanidine groups is 1. The molecule has 1 saturated heterocycles. The molecule has 2 aromatic carbocycles. The summed E-state index contributed by atoms with van der Waals surface area (Å²) in [6.45, 7) is 7.49. The second-order valence-electron chi connectivity index (χ2n) is 7.21. The summed E-state index contributed by atoms with van der Waals surface area (Å²) < 4.78 is 0. The molecule has 0 spiro atoms. The predicted molar refractivity (Wildman–Crippen MR) is 119 cm³/mol. The van der Waals surface area contributed by atoms with Gasteiger partial charge in [-0.2, -0.15) is 0 Å². The monoisotopic (exact) mass is 379 g/mol. The van der Waals surface area contributed by atoms with E-state index >= 15 is 0 Å². The summed E-state index contributed by atoms with van der Waals surface area (Å²) in [7, 11) is 1.83. The number of unbranched alkanes of at least 4 members (excludes halogenated alkanes) is 1. The lowest BCUT2D eigenvalue weighted by molar-refractivity contribution is 0.253. The normalized spacial score (nSPS) is 15.5. The average molecular weight is 380 g/mol. The highest BCUT2D eigenvalue weighted by molar-refractivity contribution is 5.79. The van der Waals surface area contributed by atoms with Crippen molar-refractivity contribution in [3.8, 4) is 0 Å². The number of anilines is 1. The standard InChI is InChI=1S/C23H33N5/c1-24-23(26-20-21-10-4-2-5-11-21)25-14-8-9-15-27-16-18-28(19-17-27)22-12-6-3-7-13-22/h2-7,10-13H,8-9,14-20H2,1H3,(H2,24,25,26). The van der Waals surface area contributed by atoms with Gasteiger partial charge < -0.3 is 15.5 Å². The lowest BCUT2D eigenvalue weighted by Crippen LogP contribution is -2.46. The summed E-state index contributed by atoms with van der Waals surface area (Å²) in [5.41, 5.74) is 2.61. The number of nitrogens with zero attached hydrogens (tertiary/aromatic N) is 3. The van der Waals surface area contributed by atoms with Crippen molar-refractivity contribution >= 4 is 11.6 Å². The quantitative estimate of drug-likeness (QED) is 0.420. The summed E-state index contributed by atoms with van der Waals surface area (Å²) in [5, 5.41) is 6.79. The summed E-state index contributed by atoms with van der Waals surface area (Å²) in [6, 6.07) is 21.2. The molecule has 0 bridgehead atoms. The Morgan fingerprint density at radius 1 is 0.857 bits per heavy atom. The van der Waals surface area contributed by atoms with Gasteiger partial charge >= 0.3 is 0 Å². The van der Waals surface area contributed by atoms with E-state index in [9.17, 15) is 0 Å². The van der Waals surface area contributed by atoms with Gasteiger partial charge in [0.1, 0.15) is 0 Å². The van der Waals surface area contributed by atoms with Crippen LogP contribution in [0.3, 0.4) is 0 Å². The minimum absolute atomic E-state index is 0.798. The van der Waals surface area contributed by atoms with Crippen molar-refractivity contribution in [2.45, 2.75) is 19.4 Å². The van der Waals surface area contributed by atoms with E-state index in [2.05, 4.69) is 80.0 Å². The van der Waals surface area contributed by atoms with Crippen molar-refractivity contribution in [2.24, 2.45) is 4.99 Å². The first-order valence-electron chi connectivity index (χ1n) is 10.4. The molecule has 0 amide bonds. The van der Waals surface area contributed by atoms with Gasteiger partial charge in [0.05, 0.1) is 0 Å². The topological polar surface area (TPSA) is 42.9 Å². The number of para-hydroxylation sites is 1. The minimum atomic E-state index is 0.798. The first-order chi connectivity index (χ1) is 13.8. The Bertz CT molecular complexity index is 693. The van der Waals surface area contributed by atoms with Crippen molar-refractivity contribution in [1.82, 2.24) is 15.5 Å². The minimum Gasteiger partial charge on any atom is -0.369 e. The van der Waals surface area contributed by atoms with Gasteiger partial charge in [-0.1, -0.05) is 48.5 Å². The van der Waals surface area contributed by atoms with Crippen molar-refractivity contribution in [3.63, 3.8) is 0 Å². The van der Waals surface area contributed by atoms with E-state index in [-0.39, 0.29) is 0 Å². The van der Waals surface area contributed by atoms with Gasteiger partial charge in [-0.3, -0.25) is 9.89 Å². The number of piperazine rings is 1. The zero-order valence-corrected chi connectivity index (χ0v) is 17.0. The van der Waals surface area contributed by atoms with E-state index in [1.54, 1.807) is 0 Å². The molecule has 0 atom stereocenters. The number of hydrogen-bond acceptors (Lipinski definition) is 3. The van der Waals surface area contributed by atoms with Crippen LogP contribution in [0.1, 0.15) is 18.4 Å². The van der Waals surface area contributed by atoms with Gasteiger partial charge in [-0.25, -0.2) is 0 Å². The molecule has 1 fully saturated rings. The van der Waals surface area contributed by atoms with Gasteiger partial charge in [0.2, 0.25) is 0 Å². The molecule has 0 radical (unpaired) electrons. The zero-order chi connectivity index (χ0) is 19.4. The molecule has 3 rings (SSSR count). The molecule has 150 valence electrons. The van der Waals surface area contributed by atoms with Crippen LogP contribution in [0.2, 0.25) is 0 Å². The Morgan fingerprint density at radius 3 is 2.21 bits per heavy atom. The van der Waals surface area contributed by atoms with Crippen LogP contribution in [0.5, 0.6) is 0 Å². The third-order valence-corrected chi connectivity index (χ3v) is 5.21. The van der Waals surface area contributed by atoms with Crippen LogP contribution in [0.15, 0.2) is 65.7 Å². The number of hydrogen-bond donors (Lipinski definition) is 2. The number of aliphatic imine (C=N–C) groups is 1. The fraction of sp³-hybridized carbons (Fsp3) is 0.435. The van der Waals surface area contributed by atoms with E-state index in [4.69, 9.17) is 0 Å². The molecule has 1 aliphatic heterocycles. The van der Waals surface area contributed by atoms with Crippen LogP contribution in [-0.2, 0) is 6.54 Å². The van der Waals surface area contributed by atoms with Crippen LogP contribution < -0.4 is 15.5 Å². The molecule has 5 heteroatoms. The molecule has 5 nitrogen and oxygen atoms in total. The van der Waals surface area contributed by atoms with Crippen molar-refractivity contribution in [2.75, 3.05) is 51.2 Å². The molecular weight excluding hydrogens is 346 g/mol. The Morgan fingerprint density at radius 2 is 1.54 bits per heavy atom. The number of benzene rings is 2. The third-order valence-electron chi connectivity index (χ3n) is 5.21. The highest BCUT2D eigenvalue weighted by Crippen LogP contribution is 2.15. The molecule has 0 aliphatic carbocycles. The van der Waals surface area contributed by atoms with E-state index in [0.29, 0.717) is 0 Å². The van der Waals surface area contributed by atoms with E-state index in [1.807, 2.05) is 13.1 Å². The van der Waals surface area contributed by atoms with Crippen molar-refractivity contribution in [3.05, 3.63) is 66.2 Å². The maximum absolute atomic E-state index is 4.31. The smallest absolute Gasteiger partial charge is 0.191 e. The fourth-order valence-electron chi connectivity index (χ4n) is 3.54. The highest BCUT2D eigenvalue weighted by Gasteiger charge is 2.16. The van der Waals surface area contributed by atoms with Gasteiger partial charge in [0.15, 0.2) is 5.96 Å². The van der Waals surface area contributed by atoms with Crippen molar-refractivity contribution < 1.29 is 0 Å². The summed E-state index contributed by atoms with van der Waals surface area (Å²) in [6.07, 6.45) is 2.37. The van der Waals surface area contributed by atoms with Gasteiger partial charge in [-0.05, 0) is 37.1 Å². The maximum Gasteiger partial charge on any atom is 0.191 e. The Balaban J connectivity index is 1.26. The molecule has 1 heterocycles. The first kappa shape index (κ1) is 20.2. The molecular formula is C23H33N5. The molecule has 2 N–H and O–H groups in total. The highest BCUT2D eigenvalue weighted by atomic mass is 15.3. The SMILES string of the molecule is CN=C(NCCCCN1CCN(c2ccccc2)CC1)NCc1ccccc1. The van der Waals surface area contributed by atoms with Gasteiger partial charge in [0, 0.05) is 52.0 Å². The summed E-state index contributed by atoms with van der Waals surface area (Å²) in [4.78, 5) is 9.38. The molecule has 0 saturated carbocycles. The average Bonchev–Trinajstić information content (AvgIpc) is 2.77. The Hall–Kier alpha value is -2.53. The van der Waals surface area contributed by atoms with Crippen LogP contribution in [0, 0.1) is 0 Å². The van der Waals surface area contributed by atoms with Crippen LogP contribution in [0.25, 0.3) is 0 Å². The summed E-state index contributed by atoms with van der Waals surface area (Å²) in [5.74, 6) is 0.875. The van der Waals surface area contributed by atoms with Gasteiger partial charge in [0.25, 0.3) is 0 Å². The second kappa shape index (κ2) is 11.3. The van der Waals surface area contributed by atoms with Crippen LogP contribution in [-0.4, -0.2) is 57.2 Å². The second-order valence-corrected chi connectivity index (χ2v) is 7.21. The number of nitrogens with one attached hydrogen (secondary N) is 2. The predicted octanol–water partition coefficient (Wildman–Crippen LogP) is 2.95. The maximum atomic E-state index is 4.31. The Labute approximate surface area is 169 Å². The molecule has 28 heavy (non-hydrogen) atoms. The lowest BCUT2D eigenvalue weighted by atomic mass is 10.2. The van der Waals surface area contributed by atoms with E-state index in [1.165, 1.54) is 24.2 Å². The van der Waals surface area contributed by atoms with E-state index < -0.39 is 0 Å². The summed E-state index contributed by atoms with van der Waals surface area (Å²) >= 11 is 0. The van der Waals surface area contributed by atoms with E-state index in [0.717, 1.165) is 51.6 Å². The van der Waals surface area contributed by atoms with Crippen LogP contribution in [0.4, 0.5) is 5.69 Å². The molecule has 2 aromatic rings. The Kier molecular flexibility index (Phi) is 8.19. The third kappa shape index (κ3) is 6.57. The van der Waals surface area contributed by atoms with Crippen LogP contribution >= 0.6 is 0 Å². The fourth-order valence-corrected chi connectivity index (χ4v) is 3.54. The molecule has 0 aromatic heterocycles. The lowest BCUT2D eigenvalue weighted by Gasteiger charge is -2.36. The number of rotatable bonds is 8. The molecule has 0 unspecified atom stereocenters. The van der Waals surface area contributed by atoms with Gasteiger partial charge in [-0.15, -0.1) is 0 Å². The largest absolute Gasteiger partial charge is 0.369 e. The molecule has 1 aliphatic rings. The van der Waals surface area contributed by atoms with Crippen molar-refractivity contribution in [1.29, 1.82) is 0 Å².